The molecule has 18 heavy (non-hydrogen) atoms. The number of furan rings is 1. The fourth-order valence-electron chi connectivity index (χ4n) is 1.33. The fourth-order valence-corrected chi connectivity index (χ4v) is 1.59. The van der Waals surface area contributed by atoms with Crippen LogP contribution >= 0.6 is 15.9 Å². The molecule has 4 nitrogen and oxygen atoms in total. The molecule has 0 saturated carbocycles. The molecular weight excluding hydrogens is 296 g/mol. The number of benzene rings is 1. The second-order valence-electron chi connectivity index (χ2n) is 3.66. The smallest absolute Gasteiger partial charge is 0.307 e. The molecule has 92 valence electrons. The molecular formula is C13H11BrN2O2. The Bertz CT molecular complexity index is 573. The summed E-state index contributed by atoms with van der Waals surface area (Å²) in [4.78, 5) is 11.6. The van der Waals surface area contributed by atoms with Crippen LogP contribution < -0.4 is 5.43 Å². The molecule has 0 spiro atoms. The number of hydrogen-bond donors (Lipinski definition) is 1. The maximum Gasteiger partial charge on any atom is 0.307 e. The Labute approximate surface area is 113 Å². The summed E-state index contributed by atoms with van der Waals surface area (Å²) in [7, 11) is 0. The first-order valence-electron chi connectivity index (χ1n) is 5.30. The molecule has 1 N–H and O–H groups in total. The van der Waals surface area contributed by atoms with Gasteiger partial charge in [-0.3, -0.25) is 4.79 Å². The number of nitrogens with one attached hydrogen (secondary N) is 1. The molecule has 0 saturated heterocycles. The summed E-state index contributed by atoms with van der Waals surface area (Å²) < 4.78 is 6.17. The summed E-state index contributed by atoms with van der Waals surface area (Å²) in [5, 5.41) is 3.86. The Kier molecular flexibility index (Phi) is 3.94. The molecule has 0 unspecified atom stereocenters. The molecule has 0 atom stereocenters. The summed E-state index contributed by atoms with van der Waals surface area (Å²) in [5.41, 5.74) is 3.30. The lowest BCUT2D eigenvalue weighted by Crippen LogP contribution is -2.16. The Hall–Kier alpha value is -1.88. The summed E-state index contributed by atoms with van der Waals surface area (Å²) in [6.07, 6.45) is 1.57. The van der Waals surface area contributed by atoms with Crippen molar-refractivity contribution in [1.29, 1.82) is 0 Å². The monoisotopic (exact) mass is 306 g/mol. The van der Waals surface area contributed by atoms with Gasteiger partial charge in [0.15, 0.2) is 5.76 Å². The van der Waals surface area contributed by atoms with Gasteiger partial charge in [-0.2, -0.15) is 5.10 Å². The normalized spacial score (nSPS) is 10.8. The van der Waals surface area contributed by atoms with Gasteiger partial charge in [0.25, 0.3) is 0 Å². The van der Waals surface area contributed by atoms with Gasteiger partial charge in [-0.25, -0.2) is 5.43 Å². The van der Waals surface area contributed by atoms with Gasteiger partial charge in [-0.1, -0.05) is 28.1 Å². The topological polar surface area (TPSA) is 54.6 Å². The van der Waals surface area contributed by atoms with Crippen LogP contribution in [0.1, 0.15) is 21.9 Å². The van der Waals surface area contributed by atoms with Crippen LogP contribution in [0.15, 0.2) is 50.4 Å². The Balaban J connectivity index is 1.95. The van der Waals surface area contributed by atoms with Crippen LogP contribution in [0.4, 0.5) is 0 Å². The zero-order chi connectivity index (χ0) is 13.0. The molecule has 2 rings (SSSR count). The third-order valence-corrected chi connectivity index (χ3v) is 2.74. The first-order valence-corrected chi connectivity index (χ1v) is 6.10. The molecule has 1 aromatic heterocycles. The number of aryl methyl sites for hydroxylation is 1. The van der Waals surface area contributed by atoms with Crippen molar-refractivity contribution >= 4 is 28.1 Å². The Morgan fingerprint density at radius 1 is 1.28 bits per heavy atom. The highest BCUT2D eigenvalue weighted by Gasteiger charge is 2.07. The number of amides is 1. The molecule has 1 aromatic carbocycles. The number of carbonyl (C=O) groups is 1. The Morgan fingerprint density at radius 2 is 2.00 bits per heavy atom. The number of halogens is 1. The zero-order valence-corrected chi connectivity index (χ0v) is 11.3. The van der Waals surface area contributed by atoms with Crippen molar-refractivity contribution in [2.45, 2.75) is 6.92 Å². The van der Waals surface area contributed by atoms with E-state index < -0.39 is 0 Å². The van der Waals surface area contributed by atoms with Gasteiger partial charge in [0.2, 0.25) is 0 Å². The van der Waals surface area contributed by atoms with E-state index in [9.17, 15) is 4.79 Å². The van der Waals surface area contributed by atoms with Crippen molar-refractivity contribution in [2.24, 2.45) is 5.10 Å². The van der Waals surface area contributed by atoms with Crippen molar-refractivity contribution < 1.29 is 9.21 Å². The molecule has 5 heteroatoms. The van der Waals surface area contributed by atoms with Gasteiger partial charge in [-0.05, 0) is 36.8 Å². The van der Waals surface area contributed by atoms with Crippen molar-refractivity contribution in [3.05, 3.63) is 58.0 Å². The average molecular weight is 307 g/mol. The highest BCUT2D eigenvalue weighted by atomic mass is 79.9. The first kappa shape index (κ1) is 12.6. The Morgan fingerprint density at radius 3 is 2.61 bits per heavy atom. The van der Waals surface area contributed by atoms with E-state index in [4.69, 9.17) is 4.42 Å². The summed E-state index contributed by atoms with van der Waals surface area (Å²) >= 11 is 3.34. The third-order valence-electron chi connectivity index (χ3n) is 2.21. The van der Waals surface area contributed by atoms with Crippen LogP contribution in [0.25, 0.3) is 0 Å². The standard InChI is InChI=1S/C13H11BrN2O2/c1-9-2-7-12(18-9)13(17)16-15-8-10-3-5-11(14)6-4-10/h2-8H,1H3,(H,16,17)/b15-8-. The SMILES string of the molecule is Cc1ccc(C(=O)N/N=C\c2ccc(Br)cc2)o1. The van der Waals surface area contributed by atoms with Gasteiger partial charge in [-0.15, -0.1) is 0 Å². The van der Waals surface area contributed by atoms with E-state index in [1.165, 1.54) is 0 Å². The molecule has 0 aliphatic heterocycles. The predicted octanol–water partition coefficient (Wildman–Crippen LogP) is 3.11. The minimum absolute atomic E-state index is 0.250. The van der Waals surface area contributed by atoms with Crippen LogP contribution in [0.3, 0.4) is 0 Å². The lowest BCUT2D eigenvalue weighted by Gasteiger charge is -1.96. The lowest BCUT2D eigenvalue weighted by atomic mass is 10.2. The predicted molar refractivity (Wildman–Crippen MR) is 72.6 cm³/mol. The van der Waals surface area contributed by atoms with E-state index in [0.717, 1.165) is 10.0 Å². The molecule has 2 aromatic rings. The maximum absolute atomic E-state index is 11.6. The minimum atomic E-state index is -0.364. The van der Waals surface area contributed by atoms with E-state index in [1.54, 1.807) is 25.3 Å². The molecule has 0 radical (unpaired) electrons. The highest BCUT2D eigenvalue weighted by molar-refractivity contribution is 9.10. The van der Waals surface area contributed by atoms with Crippen molar-refractivity contribution in [3.63, 3.8) is 0 Å². The largest absolute Gasteiger partial charge is 0.456 e. The fraction of sp³-hybridized carbons (Fsp3) is 0.0769. The van der Waals surface area contributed by atoms with E-state index >= 15 is 0 Å². The van der Waals surface area contributed by atoms with Crippen molar-refractivity contribution in [1.82, 2.24) is 5.43 Å². The second kappa shape index (κ2) is 5.64. The quantitative estimate of drug-likeness (QED) is 0.699. The number of nitrogens with zero attached hydrogens (tertiary/aromatic N) is 1. The minimum Gasteiger partial charge on any atom is -0.456 e. The number of hydrazone groups is 1. The maximum atomic E-state index is 11.6. The molecule has 0 aliphatic rings. The lowest BCUT2D eigenvalue weighted by molar-refractivity contribution is 0.0926. The van der Waals surface area contributed by atoms with Crippen LogP contribution in [-0.4, -0.2) is 12.1 Å². The first-order chi connectivity index (χ1) is 8.65. The van der Waals surface area contributed by atoms with Gasteiger partial charge in [0.1, 0.15) is 5.76 Å². The highest BCUT2D eigenvalue weighted by Crippen LogP contribution is 2.09. The third kappa shape index (κ3) is 3.30. The van der Waals surface area contributed by atoms with Crippen LogP contribution in [0.2, 0.25) is 0 Å². The van der Waals surface area contributed by atoms with E-state index in [0.29, 0.717) is 5.76 Å². The van der Waals surface area contributed by atoms with Crippen LogP contribution in [0.5, 0.6) is 0 Å². The zero-order valence-electron chi connectivity index (χ0n) is 9.68. The van der Waals surface area contributed by atoms with E-state index in [2.05, 4.69) is 26.5 Å². The van der Waals surface area contributed by atoms with Gasteiger partial charge in [0, 0.05) is 4.47 Å². The number of rotatable bonds is 3. The van der Waals surface area contributed by atoms with Gasteiger partial charge >= 0.3 is 5.91 Å². The molecule has 1 heterocycles. The van der Waals surface area contributed by atoms with Crippen LogP contribution in [0, 0.1) is 6.92 Å². The summed E-state index contributed by atoms with van der Waals surface area (Å²) in [6, 6.07) is 10.9. The number of carbonyl (C=O) groups excluding carboxylic acids is 1. The number of hydrogen-bond acceptors (Lipinski definition) is 3. The molecule has 0 fully saturated rings. The second-order valence-corrected chi connectivity index (χ2v) is 4.58. The van der Waals surface area contributed by atoms with E-state index in [-0.39, 0.29) is 11.7 Å². The van der Waals surface area contributed by atoms with Gasteiger partial charge < -0.3 is 4.42 Å². The molecule has 1 amide bonds. The average Bonchev–Trinajstić information content (AvgIpc) is 2.78. The summed E-state index contributed by atoms with van der Waals surface area (Å²) in [6.45, 7) is 1.78. The van der Waals surface area contributed by atoms with Crippen LogP contribution in [-0.2, 0) is 0 Å². The summed E-state index contributed by atoms with van der Waals surface area (Å²) in [5.74, 6) is 0.578. The van der Waals surface area contributed by atoms with Gasteiger partial charge in [0.05, 0.1) is 6.21 Å². The van der Waals surface area contributed by atoms with Crippen molar-refractivity contribution in [3.8, 4) is 0 Å². The molecule has 0 aliphatic carbocycles. The molecule has 0 bridgehead atoms. The van der Waals surface area contributed by atoms with E-state index in [1.807, 2.05) is 24.3 Å². The van der Waals surface area contributed by atoms with Crippen molar-refractivity contribution in [2.75, 3.05) is 0 Å².